The molecule has 0 aliphatic heterocycles. The van der Waals surface area contributed by atoms with Crippen molar-refractivity contribution < 1.29 is 43.5 Å². The van der Waals surface area contributed by atoms with Crippen molar-refractivity contribution in [3.05, 3.63) is 119 Å². The highest BCUT2D eigenvalue weighted by atomic mass is 16.6. The Balaban J connectivity index is 1.17. The fraction of sp³-hybridized carbons (Fsp3) is 0.235. The molecule has 2 atom stereocenters. The molecule has 0 aliphatic carbocycles. The number of hydrogen-bond acceptors (Lipinski definition) is 9. The Morgan fingerprint density at radius 2 is 0.837 bits per heavy atom. The minimum absolute atomic E-state index is 0.00885. The Morgan fingerprint density at radius 3 is 1.19 bits per heavy atom. The molecular formula is C34H34O9. The van der Waals surface area contributed by atoms with Gasteiger partial charge in [0.1, 0.15) is 61.6 Å². The van der Waals surface area contributed by atoms with Crippen LogP contribution in [-0.2, 0) is 9.47 Å². The first kappa shape index (κ1) is 31.1. The van der Waals surface area contributed by atoms with Crippen LogP contribution < -0.4 is 14.2 Å². The quantitative estimate of drug-likeness (QED) is 0.190. The molecule has 0 aromatic heterocycles. The van der Waals surface area contributed by atoms with Gasteiger partial charge in [-0.2, -0.15) is 0 Å². The van der Waals surface area contributed by atoms with E-state index in [4.69, 9.17) is 23.7 Å². The molecule has 0 amide bonds. The van der Waals surface area contributed by atoms with Gasteiger partial charge < -0.3 is 33.9 Å². The summed E-state index contributed by atoms with van der Waals surface area (Å²) >= 11 is 0. The molecule has 0 fully saturated rings. The predicted molar refractivity (Wildman–Crippen MR) is 159 cm³/mol. The predicted octanol–water partition coefficient (Wildman–Crippen LogP) is 5.29. The zero-order chi connectivity index (χ0) is 30.6. The summed E-state index contributed by atoms with van der Waals surface area (Å²) in [5.41, 5.74) is 2.79. The van der Waals surface area contributed by atoms with Crippen molar-refractivity contribution in [3.8, 4) is 23.0 Å². The molecule has 43 heavy (non-hydrogen) atoms. The van der Waals surface area contributed by atoms with Gasteiger partial charge in [0, 0.05) is 0 Å². The molecule has 4 aromatic rings. The average Bonchev–Trinajstić information content (AvgIpc) is 3.02. The molecule has 0 aliphatic rings. The first-order chi connectivity index (χ1) is 20.7. The second-order valence-electron chi connectivity index (χ2n) is 9.90. The van der Waals surface area contributed by atoms with Crippen LogP contribution in [0.5, 0.6) is 23.0 Å². The van der Waals surface area contributed by atoms with Crippen LogP contribution in [0, 0.1) is 13.8 Å². The van der Waals surface area contributed by atoms with Crippen molar-refractivity contribution in [2.24, 2.45) is 0 Å². The maximum atomic E-state index is 12.4. The zero-order valence-electron chi connectivity index (χ0n) is 24.0. The van der Waals surface area contributed by atoms with E-state index in [0.29, 0.717) is 34.1 Å². The lowest BCUT2D eigenvalue weighted by molar-refractivity contribution is 0.0127. The summed E-state index contributed by atoms with van der Waals surface area (Å²) in [6.07, 6.45) is -1.95. The van der Waals surface area contributed by atoms with Crippen molar-refractivity contribution in [3.63, 3.8) is 0 Å². The number of ether oxygens (including phenoxy) is 5. The topological polar surface area (TPSA) is 121 Å². The smallest absolute Gasteiger partial charge is 0.338 e. The van der Waals surface area contributed by atoms with Gasteiger partial charge in [0.25, 0.3) is 0 Å². The summed E-state index contributed by atoms with van der Waals surface area (Å²) < 4.78 is 27.2. The summed E-state index contributed by atoms with van der Waals surface area (Å²) in [6, 6.07) is 27.5. The van der Waals surface area contributed by atoms with Crippen molar-refractivity contribution >= 4 is 11.9 Å². The van der Waals surface area contributed by atoms with Gasteiger partial charge in [-0.3, -0.25) is 0 Å². The molecular weight excluding hydrogens is 552 g/mol. The van der Waals surface area contributed by atoms with Crippen molar-refractivity contribution in [2.45, 2.75) is 26.1 Å². The monoisotopic (exact) mass is 586 g/mol. The van der Waals surface area contributed by atoms with Gasteiger partial charge in [-0.1, -0.05) is 35.4 Å². The van der Waals surface area contributed by atoms with Gasteiger partial charge in [0.2, 0.25) is 0 Å². The Bertz CT molecular complexity index is 1340. The van der Waals surface area contributed by atoms with E-state index in [9.17, 15) is 19.8 Å². The van der Waals surface area contributed by atoms with Crippen LogP contribution >= 0.6 is 0 Å². The molecule has 2 N–H and O–H groups in total. The van der Waals surface area contributed by atoms with Crippen LogP contribution in [0.4, 0.5) is 0 Å². The SMILES string of the molecule is Cc1ccc(OCC(O)COC(=O)c2ccc(Oc3ccc(C(=O)OCC(O)COc4ccc(C)cc4)cc3)cc2)cc1. The highest BCUT2D eigenvalue weighted by molar-refractivity contribution is 5.90. The average molecular weight is 587 g/mol. The lowest BCUT2D eigenvalue weighted by Crippen LogP contribution is -2.25. The Hall–Kier alpha value is -4.86. The van der Waals surface area contributed by atoms with Gasteiger partial charge >= 0.3 is 11.9 Å². The molecule has 4 rings (SSSR count). The number of aryl methyl sites for hydroxylation is 2. The van der Waals surface area contributed by atoms with Crippen molar-refractivity contribution in [1.82, 2.24) is 0 Å². The molecule has 224 valence electrons. The number of carbonyl (C=O) groups is 2. The van der Waals surface area contributed by atoms with E-state index in [2.05, 4.69) is 0 Å². The molecule has 9 heteroatoms. The minimum atomic E-state index is -0.976. The highest BCUT2D eigenvalue weighted by Crippen LogP contribution is 2.23. The molecule has 9 nitrogen and oxygen atoms in total. The third-order valence-electron chi connectivity index (χ3n) is 6.16. The molecule has 0 saturated heterocycles. The van der Waals surface area contributed by atoms with E-state index in [-0.39, 0.29) is 26.4 Å². The number of hydrogen-bond donors (Lipinski definition) is 2. The molecule has 4 aromatic carbocycles. The minimum Gasteiger partial charge on any atom is -0.491 e. The summed E-state index contributed by atoms with van der Waals surface area (Å²) in [7, 11) is 0. The fourth-order valence-electron chi connectivity index (χ4n) is 3.71. The third-order valence-corrected chi connectivity index (χ3v) is 6.16. The van der Waals surface area contributed by atoms with E-state index in [1.165, 1.54) is 0 Å². The number of rotatable bonds is 14. The normalized spacial score (nSPS) is 12.1. The first-order valence-electron chi connectivity index (χ1n) is 13.7. The Kier molecular flexibility index (Phi) is 11.1. The number of aliphatic hydroxyl groups excluding tert-OH is 2. The van der Waals surface area contributed by atoms with Gasteiger partial charge in [-0.15, -0.1) is 0 Å². The van der Waals surface area contributed by atoms with Crippen molar-refractivity contribution in [2.75, 3.05) is 26.4 Å². The molecule has 2 unspecified atom stereocenters. The molecule has 0 spiro atoms. The lowest BCUT2D eigenvalue weighted by atomic mass is 10.2. The number of esters is 2. The number of aliphatic hydroxyl groups is 2. The lowest BCUT2D eigenvalue weighted by Gasteiger charge is -2.13. The van der Waals surface area contributed by atoms with Gasteiger partial charge in [0.05, 0.1) is 11.1 Å². The standard InChI is InChI=1S/C34H34O9/c1-23-3-11-29(12-4-23)39-19-27(35)21-41-33(37)25-7-15-31(16-8-25)43-32-17-9-26(10-18-32)34(38)42-22-28(36)20-40-30-13-5-24(2)6-14-30/h3-18,27-28,35-36H,19-22H2,1-2H3. The van der Waals surface area contributed by atoms with E-state index in [1.807, 2.05) is 38.1 Å². The van der Waals surface area contributed by atoms with Gasteiger partial charge in [-0.05, 0) is 86.6 Å². The maximum Gasteiger partial charge on any atom is 0.338 e. The zero-order valence-corrected chi connectivity index (χ0v) is 24.0. The van der Waals surface area contributed by atoms with Crippen LogP contribution in [0.15, 0.2) is 97.1 Å². The van der Waals surface area contributed by atoms with Crippen LogP contribution in [0.1, 0.15) is 31.8 Å². The summed E-state index contributed by atoms with van der Waals surface area (Å²) in [4.78, 5) is 24.7. The molecule has 0 heterocycles. The number of carbonyl (C=O) groups excluding carboxylic acids is 2. The summed E-state index contributed by atoms with van der Waals surface area (Å²) in [5, 5.41) is 20.2. The van der Waals surface area contributed by atoms with Crippen molar-refractivity contribution in [1.29, 1.82) is 0 Å². The summed E-state index contributed by atoms with van der Waals surface area (Å²) in [5.74, 6) is 1.00. The maximum absolute atomic E-state index is 12.4. The fourth-order valence-corrected chi connectivity index (χ4v) is 3.71. The largest absolute Gasteiger partial charge is 0.491 e. The van der Waals surface area contributed by atoms with E-state index in [1.54, 1.807) is 72.8 Å². The third kappa shape index (κ3) is 10.2. The molecule has 0 radical (unpaired) electrons. The Morgan fingerprint density at radius 1 is 0.512 bits per heavy atom. The van der Waals surface area contributed by atoms with Crippen LogP contribution in [0.2, 0.25) is 0 Å². The highest BCUT2D eigenvalue weighted by Gasteiger charge is 2.14. The van der Waals surface area contributed by atoms with Gasteiger partial charge in [0.15, 0.2) is 0 Å². The first-order valence-corrected chi connectivity index (χ1v) is 13.7. The molecule has 0 saturated carbocycles. The van der Waals surface area contributed by atoms with E-state index in [0.717, 1.165) is 11.1 Å². The second kappa shape index (κ2) is 15.4. The van der Waals surface area contributed by atoms with E-state index >= 15 is 0 Å². The second-order valence-corrected chi connectivity index (χ2v) is 9.90. The Labute approximate surface area is 250 Å². The van der Waals surface area contributed by atoms with Crippen LogP contribution in [0.3, 0.4) is 0 Å². The van der Waals surface area contributed by atoms with Crippen LogP contribution in [0.25, 0.3) is 0 Å². The summed E-state index contributed by atoms with van der Waals surface area (Å²) in [6.45, 7) is 3.50. The molecule has 0 bridgehead atoms. The van der Waals surface area contributed by atoms with Gasteiger partial charge in [-0.25, -0.2) is 9.59 Å². The van der Waals surface area contributed by atoms with E-state index < -0.39 is 24.1 Å². The van der Waals surface area contributed by atoms with Crippen LogP contribution in [-0.4, -0.2) is 60.8 Å². The number of benzene rings is 4.